The maximum Gasteiger partial charge on any atom is 0.270 e. The van der Waals surface area contributed by atoms with Crippen molar-refractivity contribution in [2.45, 2.75) is 26.2 Å². The van der Waals surface area contributed by atoms with Gasteiger partial charge in [0, 0.05) is 23.1 Å². The Bertz CT molecular complexity index is 714. The zero-order valence-corrected chi connectivity index (χ0v) is 14.6. The van der Waals surface area contributed by atoms with Crippen LogP contribution in [0.15, 0.2) is 24.3 Å². The van der Waals surface area contributed by atoms with Crippen molar-refractivity contribution in [2.24, 2.45) is 0 Å². The number of nitrogens with zero attached hydrogens (tertiary/aromatic N) is 3. The lowest BCUT2D eigenvalue weighted by molar-refractivity contribution is -0.384. The van der Waals surface area contributed by atoms with Gasteiger partial charge in [-0.25, -0.2) is 9.97 Å². The van der Waals surface area contributed by atoms with Crippen molar-refractivity contribution in [3.63, 3.8) is 0 Å². The van der Waals surface area contributed by atoms with E-state index < -0.39 is 4.92 Å². The summed E-state index contributed by atoms with van der Waals surface area (Å²) in [7, 11) is 0. The van der Waals surface area contributed by atoms with Gasteiger partial charge < -0.3 is 0 Å². The molecule has 0 radical (unpaired) electrons. The summed E-state index contributed by atoms with van der Waals surface area (Å²) in [6, 6.07) is 6.23. The normalized spacial score (nSPS) is 11.5. The molecule has 21 heavy (non-hydrogen) atoms. The van der Waals surface area contributed by atoms with Crippen molar-refractivity contribution in [3.05, 3.63) is 48.8 Å². The highest BCUT2D eigenvalue weighted by molar-refractivity contribution is 14.1. The predicted molar refractivity (Wildman–Crippen MR) is 90.5 cm³/mol. The van der Waals surface area contributed by atoms with Gasteiger partial charge in [-0.15, -0.1) is 0 Å². The Balaban J connectivity index is 2.63. The molecule has 0 aliphatic heterocycles. The first-order chi connectivity index (χ1) is 9.70. The van der Waals surface area contributed by atoms with Crippen LogP contribution in [-0.4, -0.2) is 14.9 Å². The fourth-order valence-electron chi connectivity index (χ4n) is 1.80. The molecule has 1 heterocycles. The number of hydrogen-bond acceptors (Lipinski definition) is 4. The van der Waals surface area contributed by atoms with Crippen molar-refractivity contribution < 1.29 is 4.92 Å². The molecule has 0 spiro atoms. The molecule has 1 aromatic carbocycles. The fourth-order valence-corrected chi connectivity index (χ4v) is 3.02. The molecule has 1 aromatic heterocycles. The molecule has 7 heteroatoms. The van der Waals surface area contributed by atoms with E-state index in [1.807, 2.05) is 20.8 Å². The van der Waals surface area contributed by atoms with E-state index in [1.54, 1.807) is 12.1 Å². The first-order valence-corrected chi connectivity index (χ1v) is 7.64. The van der Waals surface area contributed by atoms with Crippen molar-refractivity contribution in [1.82, 2.24) is 9.97 Å². The summed E-state index contributed by atoms with van der Waals surface area (Å²) < 4.78 is 0.802. The molecule has 0 fully saturated rings. The van der Waals surface area contributed by atoms with Crippen LogP contribution >= 0.6 is 34.2 Å². The zero-order chi connectivity index (χ0) is 15.8. The lowest BCUT2D eigenvalue weighted by Gasteiger charge is -2.20. The molecule has 0 N–H and O–H groups in total. The van der Waals surface area contributed by atoms with E-state index in [9.17, 15) is 10.1 Å². The molecule has 2 aromatic rings. The summed E-state index contributed by atoms with van der Waals surface area (Å²) in [5.74, 6) is 0.397. The van der Waals surface area contributed by atoms with Gasteiger partial charge in [0.25, 0.3) is 5.69 Å². The minimum Gasteiger partial charge on any atom is -0.258 e. The average Bonchev–Trinajstić information content (AvgIpc) is 2.40. The van der Waals surface area contributed by atoms with E-state index in [2.05, 4.69) is 32.6 Å². The highest BCUT2D eigenvalue weighted by atomic mass is 127. The minimum absolute atomic E-state index is 0.00285. The van der Waals surface area contributed by atoms with Crippen LogP contribution in [0.1, 0.15) is 26.5 Å². The lowest BCUT2D eigenvalue weighted by atomic mass is 9.92. The molecule has 0 bridgehead atoms. The van der Waals surface area contributed by atoms with E-state index in [4.69, 9.17) is 11.6 Å². The van der Waals surface area contributed by atoms with Crippen molar-refractivity contribution in [3.8, 4) is 11.4 Å². The van der Waals surface area contributed by atoms with E-state index >= 15 is 0 Å². The predicted octanol–water partition coefficient (Wildman–Crippen LogP) is 4.61. The van der Waals surface area contributed by atoms with Crippen molar-refractivity contribution >= 4 is 39.9 Å². The van der Waals surface area contributed by atoms with Gasteiger partial charge in [0.1, 0.15) is 5.15 Å². The van der Waals surface area contributed by atoms with Crippen LogP contribution in [-0.2, 0) is 5.41 Å². The van der Waals surface area contributed by atoms with Gasteiger partial charge in [-0.3, -0.25) is 10.1 Å². The van der Waals surface area contributed by atoms with Crippen LogP contribution < -0.4 is 0 Å². The second-order valence-electron chi connectivity index (χ2n) is 5.56. The Labute approximate surface area is 141 Å². The Morgan fingerprint density at radius 3 is 2.52 bits per heavy atom. The van der Waals surface area contributed by atoms with Crippen LogP contribution in [0.2, 0.25) is 5.15 Å². The summed E-state index contributed by atoms with van der Waals surface area (Å²) in [6.45, 7) is 6.10. The monoisotopic (exact) mass is 417 g/mol. The average molecular weight is 418 g/mol. The number of aromatic nitrogens is 2. The van der Waals surface area contributed by atoms with Gasteiger partial charge in [0.2, 0.25) is 0 Å². The van der Waals surface area contributed by atoms with Crippen LogP contribution in [0.25, 0.3) is 11.4 Å². The molecule has 0 saturated carbocycles. The number of benzene rings is 1. The summed E-state index contributed by atoms with van der Waals surface area (Å²) in [5, 5.41) is 11.2. The second kappa shape index (κ2) is 5.84. The van der Waals surface area contributed by atoms with Crippen LogP contribution in [0.5, 0.6) is 0 Å². The SMILES string of the molecule is CC(C)(C)c1nc(-c2cccc([N+](=O)[O-])c2)nc(Cl)c1I. The summed E-state index contributed by atoms with van der Waals surface area (Å²) in [6.07, 6.45) is 0. The molecule has 0 amide bonds. The lowest BCUT2D eigenvalue weighted by Crippen LogP contribution is -2.17. The van der Waals surface area contributed by atoms with Gasteiger partial charge >= 0.3 is 0 Å². The van der Waals surface area contributed by atoms with Crippen molar-refractivity contribution in [1.29, 1.82) is 0 Å². The van der Waals surface area contributed by atoms with Gasteiger partial charge in [0.15, 0.2) is 5.82 Å². The quantitative estimate of drug-likeness (QED) is 0.310. The smallest absolute Gasteiger partial charge is 0.258 e. The molecule has 0 saturated heterocycles. The van der Waals surface area contributed by atoms with Crippen LogP contribution in [0.3, 0.4) is 0 Å². The number of nitro benzene ring substituents is 1. The molecule has 5 nitrogen and oxygen atoms in total. The molecule has 0 atom stereocenters. The van der Waals surface area contributed by atoms with E-state index in [0.29, 0.717) is 16.5 Å². The third kappa shape index (κ3) is 3.49. The van der Waals surface area contributed by atoms with Gasteiger partial charge in [0.05, 0.1) is 14.2 Å². The van der Waals surface area contributed by atoms with Gasteiger partial charge in [-0.05, 0) is 22.6 Å². The highest BCUT2D eigenvalue weighted by Crippen LogP contribution is 2.32. The number of nitro groups is 1. The Kier molecular flexibility index (Phi) is 4.48. The van der Waals surface area contributed by atoms with Gasteiger partial charge in [-0.1, -0.05) is 44.5 Å². The Morgan fingerprint density at radius 2 is 1.95 bits per heavy atom. The first-order valence-electron chi connectivity index (χ1n) is 6.18. The fraction of sp³-hybridized carbons (Fsp3) is 0.286. The minimum atomic E-state index is -0.442. The molecule has 2 rings (SSSR count). The van der Waals surface area contributed by atoms with E-state index in [0.717, 1.165) is 9.26 Å². The molecular formula is C14H13ClIN3O2. The topological polar surface area (TPSA) is 68.9 Å². The van der Waals surface area contributed by atoms with Crippen molar-refractivity contribution in [2.75, 3.05) is 0 Å². The molecule has 0 aliphatic rings. The highest BCUT2D eigenvalue weighted by Gasteiger charge is 2.23. The van der Waals surface area contributed by atoms with Gasteiger partial charge in [-0.2, -0.15) is 0 Å². The Hall–Kier alpha value is -1.28. The first kappa shape index (κ1) is 16.1. The standard InChI is InChI=1S/C14H13ClIN3O2/c1-14(2,3)11-10(16)12(15)18-13(17-11)8-5-4-6-9(7-8)19(20)21/h4-7H,1-3H3. The molecule has 110 valence electrons. The number of rotatable bonds is 2. The van der Waals surface area contributed by atoms with E-state index in [1.165, 1.54) is 12.1 Å². The molecule has 0 aliphatic carbocycles. The number of non-ortho nitro benzene ring substituents is 1. The maximum absolute atomic E-state index is 10.9. The summed E-state index contributed by atoms with van der Waals surface area (Å²) in [4.78, 5) is 19.2. The van der Waals surface area contributed by atoms with Crippen LogP contribution in [0, 0.1) is 13.7 Å². The number of hydrogen-bond donors (Lipinski definition) is 0. The zero-order valence-electron chi connectivity index (χ0n) is 11.7. The number of halogens is 2. The molecule has 0 unspecified atom stereocenters. The third-order valence-electron chi connectivity index (χ3n) is 2.84. The summed E-state index contributed by atoms with van der Waals surface area (Å²) >= 11 is 8.30. The second-order valence-corrected chi connectivity index (χ2v) is 6.99. The Morgan fingerprint density at radius 1 is 1.29 bits per heavy atom. The third-order valence-corrected chi connectivity index (χ3v) is 4.45. The molecular weight excluding hydrogens is 405 g/mol. The maximum atomic E-state index is 10.9. The summed E-state index contributed by atoms with van der Waals surface area (Å²) in [5.41, 5.74) is 1.21. The largest absolute Gasteiger partial charge is 0.270 e. The van der Waals surface area contributed by atoms with Crippen LogP contribution in [0.4, 0.5) is 5.69 Å². The van der Waals surface area contributed by atoms with E-state index in [-0.39, 0.29) is 11.1 Å².